The summed E-state index contributed by atoms with van der Waals surface area (Å²) in [6.07, 6.45) is 2.55. The van der Waals surface area contributed by atoms with E-state index >= 15 is 0 Å². The summed E-state index contributed by atoms with van der Waals surface area (Å²) in [6.45, 7) is 3.85. The Bertz CT molecular complexity index is 202. The van der Waals surface area contributed by atoms with Crippen LogP contribution in [-0.2, 0) is 19.0 Å². The van der Waals surface area contributed by atoms with Crippen molar-refractivity contribution >= 4 is 5.97 Å². The highest BCUT2D eigenvalue weighted by Gasteiger charge is 2.27. The average molecular weight is 186 g/mol. The van der Waals surface area contributed by atoms with Crippen LogP contribution in [0.3, 0.4) is 0 Å². The summed E-state index contributed by atoms with van der Waals surface area (Å²) < 4.78 is 15.1. The lowest BCUT2D eigenvalue weighted by Crippen LogP contribution is -2.13. The highest BCUT2D eigenvalue weighted by molar-refractivity contribution is 5.81. The zero-order chi connectivity index (χ0) is 9.84. The first-order valence-electron chi connectivity index (χ1n) is 4.20. The van der Waals surface area contributed by atoms with Gasteiger partial charge in [0.25, 0.3) is 0 Å². The van der Waals surface area contributed by atoms with Crippen molar-refractivity contribution in [2.24, 2.45) is 0 Å². The van der Waals surface area contributed by atoms with Crippen LogP contribution in [0.2, 0.25) is 0 Å². The number of hydrogen-bond donors (Lipinski definition) is 0. The second-order valence-corrected chi connectivity index (χ2v) is 2.93. The Balaban J connectivity index is 2.39. The molecule has 1 aliphatic heterocycles. The molecular formula is C9H14O4. The van der Waals surface area contributed by atoms with E-state index < -0.39 is 12.3 Å². The van der Waals surface area contributed by atoms with Gasteiger partial charge in [-0.1, -0.05) is 0 Å². The summed E-state index contributed by atoms with van der Waals surface area (Å²) >= 11 is 0. The fraction of sp³-hybridized carbons (Fsp3) is 0.667. The summed E-state index contributed by atoms with van der Waals surface area (Å²) in [5.74, 6) is -0.403. The molecule has 0 unspecified atom stereocenters. The Kier molecular flexibility index (Phi) is 3.45. The Morgan fingerprint density at radius 3 is 2.31 bits per heavy atom. The number of rotatable bonds is 2. The lowest BCUT2D eigenvalue weighted by atomic mass is 10.3. The average Bonchev–Trinajstić information content (AvgIpc) is 2.42. The number of methoxy groups -OCH3 is 1. The third-order valence-corrected chi connectivity index (χ3v) is 1.95. The van der Waals surface area contributed by atoms with Crippen molar-refractivity contribution in [2.75, 3.05) is 7.11 Å². The standard InChI is InChI=1S/C9H14O4/c1-6-7(2)13-9(12-6)5-4-8(10)11-3/h4-7,9H,1-3H3/b5-4+/t6-,7-/m1/s1. The molecule has 2 atom stereocenters. The first-order valence-corrected chi connectivity index (χ1v) is 4.20. The van der Waals surface area contributed by atoms with Crippen molar-refractivity contribution in [3.63, 3.8) is 0 Å². The maximum Gasteiger partial charge on any atom is 0.330 e. The summed E-state index contributed by atoms with van der Waals surface area (Å²) in [7, 11) is 1.33. The van der Waals surface area contributed by atoms with Crippen LogP contribution in [-0.4, -0.2) is 31.6 Å². The zero-order valence-electron chi connectivity index (χ0n) is 8.02. The second-order valence-electron chi connectivity index (χ2n) is 2.93. The van der Waals surface area contributed by atoms with Crippen molar-refractivity contribution in [1.29, 1.82) is 0 Å². The Hall–Kier alpha value is -0.870. The summed E-state index contributed by atoms with van der Waals surface area (Å²) in [6, 6.07) is 0. The molecule has 1 rings (SSSR count). The second kappa shape index (κ2) is 4.39. The van der Waals surface area contributed by atoms with Gasteiger partial charge in [0, 0.05) is 6.08 Å². The van der Waals surface area contributed by atoms with Gasteiger partial charge in [-0.2, -0.15) is 0 Å². The Labute approximate surface area is 77.5 Å². The van der Waals surface area contributed by atoms with Crippen LogP contribution < -0.4 is 0 Å². The van der Waals surface area contributed by atoms with Crippen LogP contribution in [0.25, 0.3) is 0 Å². The first kappa shape index (κ1) is 10.2. The third kappa shape index (κ3) is 2.82. The molecule has 0 saturated carbocycles. The molecule has 1 aliphatic rings. The van der Waals surface area contributed by atoms with E-state index in [2.05, 4.69) is 4.74 Å². The van der Waals surface area contributed by atoms with E-state index in [0.717, 1.165) is 0 Å². The molecule has 0 aromatic rings. The van der Waals surface area contributed by atoms with Gasteiger partial charge in [0.1, 0.15) is 0 Å². The van der Waals surface area contributed by atoms with Crippen molar-refractivity contribution in [2.45, 2.75) is 32.3 Å². The Morgan fingerprint density at radius 1 is 1.31 bits per heavy atom. The minimum absolute atomic E-state index is 0.0623. The zero-order valence-corrected chi connectivity index (χ0v) is 8.02. The minimum atomic E-state index is -0.427. The molecule has 13 heavy (non-hydrogen) atoms. The molecule has 0 aromatic carbocycles. The van der Waals surface area contributed by atoms with Gasteiger partial charge in [-0.05, 0) is 19.9 Å². The van der Waals surface area contributed by atoms with E-state index in [1.165, 1.54) is 13.2 Å². The van der Waals surface area contributed by atoms with Gasteiger partial charge < -0.3 is 14.2 Å². The highest BCUT2D eigenvalue weighted by atomic mass is 16.7. The van der Waals surface area contributed by atoms with Crippen LogP contribution in [0.1, 0.15) is 13.8 Å². The van der Waals surface area contributed by atoms with Crippen LogP contribution in [0.4, 0.5) is 0 Å². The van der Waals surface area contributed by atoms with Crippen LogP contribution in [0.15, 0.2) is 12.2 Å². The molecule has 0 radical (unpaired) electrons. The van der Waals surface area contributed by atoms with E-state index in [1.54, 1.807) is 6.08 Å². The molecule has 0 N–H and O–H groups in total. The van der Waals surface area contributed by atoms with Crippen LogP contribution >= 0.6 is 0 Å². The number of ether oxygens (including phenoxy) is 3. The van der Waals surface area contributed by atoms with Gasteiger partial charge in [-0.15, -0.1) is 0 Å². The maximum absolute atomic E-state index is 10.7. The summed E-state index contributed by atoms with van der Waals surface area (Å²) in [5, 5.41) is 0. The molecular weight excluding hydrogens is 172 g/mol. The van der Waals surface area contributed by atoms with Crippen molar-refractivity contribution < 1.29 is 19.0 Å². The molecule has 4 heteroatoms. The summed E-state index contributed by atoms with van der Waals surface area (Å²) in [4.78, 5) is 10.7. The lowest BCUT2D eigenvalue weighted by molar-refractivity contribution is -0.135. The lowest BCUT2D eigenvalue weighted by Gasteiger charge is -2.02. The van der Waals surface area contributed by atoms with E-state index in [0.29, 0.717) is 0 Å². The van der Waals surface area contributed by atoms with Gasteiger partial charge in [0.2, 0.25) is 0 Å². The van der Waals surface area contributed by atoms with E-state index in [1.807, 2.05) is 13.8 Å². The highest BCUT2D eigenvalue weighted by Crippen LogP contribution is 2.18. The van der Waals surface area contributed by atoms with Gasteiger partial charge in [0.15, 0.2) is 6.29 Å². The largest absolute Gasteiger partial charge is 0.466 e. The SMILES string of the molecule is COC(=O)/C=C/C1O[C@H](C)[C@@H](C)O1. The van der Waals surface area contributed by atoms with E-state index in [9.17, 15) is 4.79 Å². The van der Waals surface area contributed by atoms with Gasteiger partial charge in [-0.3, -0.25) is 0 Å². The number of carbonyl (C=O) groups is 1. The molecule has 0 amide bonds. The normalized spacial score (nSPS) is 29.8. The molecule has 1 fully saturated rings. The van der Waals surface area contributed by atoms with Crippen LogP contribution in [0.5, 0.6) is 0 Å². The summed E-state index contributed by atoms with van der Waals surface area (Å²) in [5.41, 5.74) is 0. The van der Waals surface area contributed by atoms with Gasteiger partial charge in [-0.25, -0.2) is 4.79 Å². The van der Waals surface area contributed by atoms with Crippen molar-refractivity contribution in [3.8, 4) is 0 Å². The number of carbonyl (C=O) groups excluding carboxylic acids is 1. The van der Waals surface area contributed by atoms with Gasteiger partial charge >= 0.3 is 5.97 Å². The smallest absolute Gasteiger partial charge is 0.330 e. The van der Waals surface area contributed by atoms with Gasteiger partial charge in [0.05, 0.1) is 19.3 Å². The fourth-order valence-corrected chi connectivity index (χ4v) is 0.992. The molecule has 0 spiro atoms. The molecule has 1 saturated heterocycles. The quantitative estimate of drug-likeness (QED) is 0.474. The Morgan fingerprint density at radius 2 is 1.85 bits per heavy atom. The monoisotopic (exact) mass is 186 g/mol. The maximum atomic E-state index is 10.7. The molecule has 0 aliphatic carbocycles. The molecule has 74 valence electrons. The molecule has 0 aromatic heterocycles. The molecule has 0 bridgehead atoms. The van der Waals surface area contributed by atoms with Crippen LogP contribution in [0, 0.1) is 0 Å². The predicted octanol–water partition coefficient (Wildman–Crippen LogP) is 0.865. The van der Waals surface area contributed by atoms with E-state index in [-0.39, 0.29) is 12.2 Å². The molecule has 4 nitrogen and oxygen atoms in total. The number of hydrogen-bond acceptors (Lipinski definition) is 4. The number of esters is 1. The predicted molar refractivity (Wildman–Crippen MR) is 46.0 cm³/mol. The van der Waals surface area contributed by atoms with Crippen molar-refractivity contribution in [3.05, 3.63) is 12.2 Å². The fourth-order valence-electron chi connectivity index (χ4n) is 0.992. The van der Waals surface area contributed by atoms with E-state index in [4.69, 9.17) is 9.47 Å². The first-order chi connectivity index (χ1) is 6.13. The topological polar surface area (TPSA) is 44.8 Å². The minimum Gasteiger partial charge on any atom is -0.466 e. The van der Waals surface area contributed by atoms with Crippen molar-refractivity contribution in [1.82, 2.24) is 0 Å². The molecule has 1 heterocycles. The third-order valence-electron chi connectivity index (χ3n) is 1.95.